The van der Waals surface area contributed by atoms with E-state index in [1.54, 1.807) is 18.2 Å². The minimum atomic E-state index is -4.56. The molecule has 24 heavy (non-hydrogen) atoms. The summed E-state index contributed by atoms with van der Waals surface area (Å²) < 4.78 is 55.6. The summed E-state index contributed by atoms with van der Waals surface area (Å²) in [6.45, 7) is 0. The summed E-state index contributed by atoms with van der Waals surface area (Å²) >= 11 is 12.1. The van der Waals surface area contributed by atoms with Crippen LogP contribution < -0.4 is 4.74 Å². The lowest BCUT2D eigenvalue weighted by Gasteiger charge is -2.17. The van der Waals surface area contributed by atoms with Gasteiger partial charge in [-0.3, -0.25) is 4.57 Å². The van der Waals surface area contributed by atoms with Crippen LogP contribution in [0.4, 0.5) is 17.6 Å². The minimum Gasteiger partial charge on any atom is -0.428 e. The molecular weight excluding hydrogens is 371 g/mol. The monoisotopic (exact) mass is 378 g/mol. The van der Waals surface area contributed by atoms with Crippen molar-refractivity contribution in [2.24, 2.45) is 0 Å². The molecule has 0 aliphatic heterocycles. The van der Waals surface area contributed by atoms with E-state index in [2.05, 4.69) is 9.72 Å². The van der Waals surface area contributed by atoms with E-state index < -0.39 is 18.3 Å². The van der Waals surface area contributed by atoms with Gasteiger partial charge in [-0.05, 0) is 54.1 Å². The fourth-order valence-corrected chi connectivity index (χ4v) is 2.58. The number of alkyl halides is 4. The van der Waals surface area contributed by atoms with Crippen LogP contribution in [-0.2, 0) is 0 Å². The predicted octanol–water partition coefficient (Wildman–Crippen LogP) is 5.57. The van der Waals surface area contributed by atoms with Crippen LogP contribution in [-0.4, -0.2) is 22.1 Å². The van der Waals surface area contributed by atoms with Crippen LogP contribution in [0.2, 0.25) is 10.3 Å². The van der Waals surface area contributed by atoms with Crippen LogP contribution in [0.5, 0.6) is 5.75 Å². The lowest BCUT2D eigenvalue weighted by atomic mass is 10.2. The minimum absolute atomic E-state index is 0.138. The van der Waals surface area contributed by atoms with Crippen LogP contribution in [0.1, 0.15) is 0 Å². The van der Waals surface area contributed by atoms with Crippen molar-refractivity contribution >= 4 is 34.2 Å². The van der Waals surface area contributed by atoms with Gasteiger partial charge in [0, 0.05) is 10.7 Å². The zero-order valence-electron chi connectivity index (χ0n) is 11.7. The Morgan fingerprint density at radius 3 is 2.33 bits per heavy atom. The molecule has 2 aromatic carbocycles. The second-order valence-corrected chi connectivity index (χ2v) is 5.58. The van der Waals surface area contributed by atoms with Gasteiger partial charge in [-0.1, -0.05) is 11.6 Å². The second kappa shape index (κ2) is 6.14. The fraction of sp³-hybridized carbons (Fsp3) is 0.133. The molecule has 0 saturated heterocycles. The van der Waals surface area contributed by atoms with Crippen molar-refractivity contribution in [1.29, 1.82) is 0 Å². The molecule has 1 aromatic heterocycles. The highest BCUT2D eigenvalue weighted by molar-refractivity contribution is 6.32. The van der Waals surface area contributed by atoms with Crippen LogP contribution >= 0.6 is 23.2 Å². The Morgan fingerprint density at radius 2 is 1.71 bits per heavy atom. The highest BCUT2D eigenvalue weighted by Gasteiger charge is 2.43. The molecule has 0 N–H and O–H groups in total. The first-order chi connectivity index (χ1) is 11.3. The first-order valence-corrected chi connectivity index (χ1v) is 7.32. The van der Waals surface area contributed by atoms with Gasteiger partial charge in [-0.25, -0.2) is 4.98 Å². The van der Waals surface area contributed by atoms with Crippen LogP contribution in [0.25, 0.3) is 16.7 Å². The zero-order chi connectivity index (χ0) is 17.5. The van der Waals surface area contributed by atoms with E-state index >= 15 is 0 Å². The fourth-order valence-electron chi connectivity index (χ4n) is 2.13. The second-order valence-electron chi connectivity index (χ2n) is 4.81. The molecule has 1 heterocycles. The normalized spacial score (nSPS) is 12.1. The number of imidazole rings is 1. The predicted molar refractivity (Wildman–Crippen MR) is 82.7 cm³/mol. The summed E-state index contributed by atoms with van der Waals surface area (Å²) in [6, 6.07) is 10.0. The lowest BCUT2D eigenvalue weighted by Crippen LogP contribution is -2.33. The molecule has 0 radical (unpaired) electrons. The number of halogens is 6. The summed E-state index contributed by atoms with van der Waals surface area (Å²) in [5, 5.41) is 0.607. The summed E-state index contributed by atoms with van der Waals surface area (Å²) in [5.41, 5.74) is 1.69. The molecule has 0 atom stereocenters. The van der Waals surface area contributed by atoms with Gasteiger partial charge in [0.25, 0.3) is 0 Å². The van der Waals surface area contributed by atoms with E-state index in [0.29, 0.717) is 21.7 Å². The van der Waals surface area contributed by atoms with Crippen LogP contribution in [0, 0.1) is 0 Å². The van der Waals surface area contributed by atoms with Crippen molar-refractivity contribution < 1.29 is 22.3 Å². The van der Waals surface area contributed by atoms with E-state index in [4.69, 9.17) is 23.2 Å². The van der Waals surface area contributed by atoms with E-state index in [1.807, 2.05) is 0 Å². The smallest absolute Gasteiger partial charge is 0.428 e. The Bertz CT molecular complexity index is 881. The Morgan fingerprint density at radius 1 is 1.04 bits per heavy atom. The highest BCUT2D eigenvalue weighted by atomic mass is 35.5. The molecule has 3 rings (SSSR count). The molecule has 0 aliphatic rings. The Hall–Kier alpha value is -1.99. The Labute approximate surface area is 143 Å². The standard InChI is InChI=1S/C15H8Cl2F4N2O/c16-8-1-6-11-12(7-8)23(14(17)22-11)9-2-4-10(5-3-9)24-15(20,21)13(18)19/h1-7,13H. The third-order valence-corrected chi connectivity index (χ3v) is 3.67. The maximum absolute atomic E-state index is 12.9. The van der Waals surface area contributed by atoms with Crippen molar-refractivity contribution in [3.05, 3.63) is 52.8 Å². The van der Waals surface area contributed by atoms with Gasteiger partial charge in [-0.2, -0.15) is 17.6 Å². The summed E-state index contributed by atoms with van der Waals surface area (Å²) in [5.74, 6) is -0.400. The number of benzene rings is 2. The Balaban J connectivity index is 1.97. The van der Waals surface area contributed by atoms with E-state index in [0.717, 1.165) is 12.1 Å². The summed E-state index contributed by atoms with van der Waals surface area (Å²) in [4.78, 5) is 4.15. The number of hydrogen-bond donors (Lipinski definition) is 0. The van der Waals surface area contributed by atoms with Gasteiger partial charge < -0.3 is 4.74 Å². The molecule has 0 amide bonds. The molecular formula is C15H8Cl2F4N2O. The largest absolute Gasteiger partial charge is 0.461 e. The number of fused-ring (bicyclic) bond motifs is 1. The average molecular weight is 379 g/mol. The zero-order valence-corrected chi connectivity index (χ0v) is 13.2. The van der Waals surface area contributed by atoms with Crippen molar-refractivity contribution in [3.8, 4) is 11.4 Å². The topological polar surface area (TPSA) is 27.1 Å². The van der Waals surface area contributed by atoms with E-state index in [9.17, 15) is 17.6 Å². The molecule has 0 saturated carbocycles. The molecule has 0 spiro atoms. The van der Waals surface area contributed by atoms with Crippen molar-refractivity contribution in [3.63, 3.8) is 0 Å². The lowest BCUT2D eigenvalue weighted by molar-refractivity contribution is -0.253. The number of rotatable bonds is 4. The van der Waals surface area contributed by atoms with Crippen LogP contribution in [0.15, 0.2) is 42.5 Å². The number of nitrogens with zero attached hydrogens (tertiary/aromatic N) is 2. The molecule has 0 bridgehead atoms. The van der Waals surface area contributed by atoms with Crippen molar-refractivity contribution in [2.45, 2.75) is 12.5 Å². The molecule has 0 unspecified atom stereocenters. The highest BCUT2D eigenvalue weighted by Crippen LogP contribution is 2.30. The molecule has 3 nitrogen and oxygen atoms in total. The van der Waals surface area contributed by atoms with Crippen molar-refractivity contribution in [2.75, 3.05) is 0 Å². The van der Waals surface area contributed by atoms with E-state index in [-0.39, 0.29) is 5.28 Å². The van der Waals surface area contributed by atoms with Gasteiger partial charge in [-0.15, -0.1) is 0 Å². The molecule has 0 fully saturated rings. The first-order valence-electron chi connectivity index (χ1n) is 6.57. The van der Waals surface area contributed by atoms with Gasteiger partial charge in [0.15, 0.2) is 0 Å². The van der Waals surface area contributed by atoms with E-state index in [1.165, 1.54) is 16.7 Å². The SMILES string of the molecule is FC(F)C(F)(F)Oc1ccc(-n2c(Cl)nc3ccc(Cl)cc32)cc1. The first kappa shape index (κ1) is 16.9. The number of ether oxygens (including phenoxy) is 1. The molecule has 0 aliphatic carbocycles. The summed E-state index contributed by atoms with van der Waals surface area (Å²) in [6.07, 6.45) is -8.49. The number of aromatic nitrogens is 2. The van der Waals surface area contributed by atoms with Gasteiger partial charge in [0.1, 0.15) is 5.75 Å². The third kappa shape index (κ3) is 3.14. The summed E-state index contributed by atoms with van der Waals surface area (Å²) in [7, 11) is 0. The quantitative estimate of drug-likeness (QED) is 0.555. The third-order valence-electron chi connectivity index (χ3n) is 3.18. The maximum Gasteiger partial charge on any atom is 0.461 e. The molecule has 126 valence electrons. The molecule has 9 heteroatoms. The van der Waals surface area contributed by atoms with Gasteiger partial charge in [0.2, 0.25) is 5.28 Å². The average Bonchev–Trinajstić information content (AvgIpc) is 2.83. The molecule has 3 aromatic rings. The van der Waals surface area contributed by atoms with Gasteiger partial charge >= 0.3 is 12.5 Å². The van der Waals surface area contributed by atoms with Crippen LogP contribution in [0.3, 0.4) is 0 Å². The van der Waals surface area contributed by atoms with Crippen molar-refractivity contribution in [1.82, 2.24) is 9.55 Å². The maximum atomic E-state index is 12.9. The Kier molecular flexibility index (Phi) is 4.31. The van der Waals surface area contributed by atoms with Gasteiger partial charge in [0.05, 0.1) is 11.0 Å². The number of hydrogen-bond acceptors (Lipinski definition) is 2.